The molecule has 0 unspecified atom stereocenters. The van der Waals surface area contributed by atoms with Gasteiger partial charge in [-0.05, 0) is 47.5 Å². The van der Waals surface area contributed by atoms with Gasteiger partial charge in [0, 0.05) is 12.4 Å². The second-order valence-electron chi connectivity index (χ2n) is 6.35. The van der Waals surface area contributed by atoms with Crippen molar-refractivity contribution in [3.63, 3.8) is 0 Å². The first kappa shape index (κ1) is 18.4. The van der Waals surface area contributed by atoms with Gasteiger partial charge in [0.25, 0.3) is 5.91 Å². The summed E-state index contributed by atoms with van der Waals surface area (Å²) in [6.07, 6.45) is 6.55. The summed E-state index contributed by atoms with van der Waals surface area (Å²) in [7, 11) is 1.62. The molecule has 1 N–H and O–H groups in total. The zero-order valence-electron chi connectivity index (χ0n) is 15.8. The number of benzene rings is 2. The molecule has 7 heteroatoms. The molecule has 29 heavy (non-hydrogen) atoms. The average Bonchev–Trinajstić information content (AvgIpc) is 3.33. The zero-order chi connectivity index (χ0) is 20.1. The molecule has 0 bridgehead atoms. The molecule has 0 saturated heterocycles. The van der Waals surface area contributed by atoms with Gasteiger partial charge in [0.1, 0.15) is 18.4 Å². The van der Waals surface area contributed by atoms with E-state index in [4.69, 9.17) is 4.74 Å². The summed E-state index contributed by atoms with van der Waals surface area (Å²) in [5, 5.41) is 10.8. The van der Waals surface area contributed by atoms with Crippen LogP contribution in [-0.4, -0.2) is 32.8 Å². The van der Waals surface area contributed by atoms with Crippen LogP contribution < -0.4 is 10.1 Å². The Morgan fingerprint density at radius 2 is 1.59 bits per heavy atom. The lowest BCUT2D eigenvalue weighted by molar-refractivity contribution is 0.0943. The Morgan fingerprint density at radius 1 is 0.931 bits per heavy atom. The summed E-state index contributed by atoms with van der Waals surface area (Å²) in [6, 6.07) is 18.4. The summed E-state index contributed by atoms with van der Waals surface area (Å²) < 4.78 is 6.96. The van der Waals surface area contributed by atoms with Crippen LogP contribution in [0.2, 0.25) is 0 Å². The third kappa shape index (κ3) is 3.98. The fourth-order valence-electron chi connectivity index (χ4n) is 3.14. The number of amides is 1. The highest BCUT2D eigenvalue weighted by atomic mass is 16.5. The number of pyridine rings is 1. The van der Waals surface area contributed by atoms with E-state index in [0.29, 0.717) is 11.3 Å². The van der Waals surface area contributed by atoms with Crippen LogP contribution in [0.5, 0.6) is 5.75 Å². The molecule has 2 heterocycles. The maximum Gasteiger partial charge on any atom is 0.254 e. The molecule has 2 aromatic heterocycles. The van der Waals surface area contributed by atoms with Gasteiger partial charge < -0.3 is 10.1 Å². The molecule has 0 aliphatic rings. The SMILES string of the molecule is COc1ccc([C@H](NC(=O)c2ccccc2-n2cnnc2)c2ccncc2)cc1. The molecule has 1 amide bonds. The molecule has 144 valence electrons. The number of aromatic nitrogens is 4. The van der Waals surface area contributed by atoms with Gasteiger partial charge in [-0.25, -0.2) is 0 Å². The molecule has 2 aromatic carbocycles. The van der Waals surface area contributed by atoms with Gasteiger partial charge in [-0.3, -0.25) is 14.3 Å². The molecular weight excluding hydrogens is 366 g/mol. The third-order valence-corrected chi connectivity index (χ3v) is 4.61. The van der Waals surface area contributed by atoms with Gasteiger partial charge in [-0.2, -0.15) is 0 Å². The first-order valence-electron chi connectivity index (χ1n) is 9.05. The van der Waals surface area contributed by atoms with E-state index in [0.717, 1.165) is 16.9 Å². The summed E-state index contributed by atoms with van der Waals surface area (Å²) in [4.78, 5) is 17.3. The Kier molecular flexibility index (Phi) is 5.29. The normalized spacial score (nSPS) is 11.6. The minimum Gasteiger partial charge on any atom is -0.497 e. The smallest absolute Gasteiger partial charge is 0.254 e. The Balaban J connectivity index is 1.69. The van der Waals surface area contributed by atoms with Crippen molar-refractivity contribution in [2.24, 2.45) is 0 Å². The number of nitrogens with zero attached hydrogens (tertiary/aromatic N) is 4. The van der Waals surface area contributed by atoms with Gasteiger partial charge in [-0.15, -0.1) is 10.2 Å². The van der Waals surface area contributed by atoms with E-state index in [1.807, 2.05) is 54.6 Å². The molecule has 0 radical (unpaired) electrons. The predicted octanol–water partition coefficient (Wildman–Crippen LogP) is 3.19. The van der Waals surface area contributed by atoms with Crippen molar-refractivity contribution in [1.82, 2.24) is 25.1 Å². The van der Waals surface area contributed by atoms with Gasteiger partial charge >= 0.3 is 0 Å². The second-order valence-corrected chi connectivity index (χ2v) is 6.35. The molecule has 0 aliphatic heterocycles. The number of ether oxygens (including phenoxy) is 1. The zero-order valence-corrected chi connectivity index (χ0v) is 15.8. The fourth-order valence-corrected chi connectivity index (χ4v) is 3.14. The average molecular weight is 385 g/mol. The number of hydrogen-bond donors (Lipinski definition) is 1. The largest absolute Gasteiger partial charge is 0.497 e. The van der Waals surface area contributed by atoms with Crippen LogP contribution >= 0.6 is 0 Å². The summed E-state index contributed by atoms with van der Waals surface area (Å²) >= 11 is 0. The first-order chi connectivity index (χ1) is 14.3. The monoisotopic (exact) mass is 385 g/mol. The molecular formula is C22H19N5O2. The van der Waals surface area contributed by atoms with E-state index in [1.165, 1.54) is 0 Å². The van der Waals surface area contributed by atoms with Crippen molar-refractivity contribution >= 4 is 5.91 Å². The number of nitrogens with one attached hydrogen (secondary N) is 1. The van der Waals surface area contributed by atoms with Crippen LogP contribution in [0.3, 0.4) is 0 Å². The number of para-hydroxylation sites is 1. The summed E-state index contributed by atoms with van der Waals surface area (Å²) in [6.45, 7) is 0. The highest BCUT2D eigenvalue weighted by molar-refractivity contribution is 5.98. The van der Waals surface area contributed by atoms with E-state index >= 15 is 0 Å². The number of hydrogen-bond acceptors (Lipinski definition) is 5. The van der Waals surface area contributed by atoms with Crippen LogP contribution in [-0.2, 0) is 0 Å². The Labute approximate surface area is 168 Å². The van der Waals surface area contributed by atoms with Crippen LogP contribution in [0.25, 0.3) is 5.69 Å². The lowest BCUT2D eigenvalue weighted by Gasteiger charge is -2.21. The maximum absolute atomic E-state index is 13.2. The Hall–Kier alpha value is -4.00. The number of rotatable bonds is 6. The molecule has 1 atom stereocenters. The van der Waals surface area contributed by atoms with Crippen LogP contribution in [0, 0.1) is 0 Å². The van der Waals surface area contributed by atoms with Gasteiger partial charge in [0.15, 0.2) is 0 Å². The highest BCUT2D eigenvalue weighted by Gasteiger charge is 2.20. The van der Waals surface area contributed by atoms with Crippen molar-refractivity contribution in [2.45, 2.75) is 6.04 Å². The summed E-state index contributed by atoms with van der Waals surface area (Å²) in [5.41, 5.74) is 3.10. The lowest BCUT2D eigenvalue weighted by Crippen LogP contribution is -2.30. The lowest BCUT2D eigenvalue weighted by atomic mass is 9.98. The van der Waals surface area contributed by atoms with E-state index in [1.54, 1.807) is 42.8 Å². The Morgan fingerprint density at radius 3 is 2.28 bits per heavy atom. The standard InChI is InChI=1S/C22H19N5O2/c1-29-18-8-6-16(7-9-18)21(17-10-12-23-13-11-17)26-22(28)19-4-2-3-5-20(19)27-14-24-25-15-27/h2-15,21H,1H3,(H,26,28)/t21-/m0/s1. The molecule has 0 aliphatic carbocycles. The van der Waals surface area contributed by atoms with E-state index < -0.39 is 0 Å². The van der Waals surface area contributed by atoms with Crippen molar-refractivity contribution in [1.29, 1.82) is 0 Å². The van der Waals surface area contributed by atoms with Crippen molar-refractivity contribution in [3.8, 4) is 11.4 Å². The molecule has 0 fully saturated rings. The van der Waals surface area contributed by atoms with Crippen LogP contribution in [0.1, 0.15) is 27.5 Å². The molecule has 4 rings (SSSR count). The van der Waals surface area contributed by atoms with Gasteiger partial charge in [0.05, 0.1) is 24.4 Å². The molecule has 4 aromatic rings. The van der Waals surface area contributed by atoms with E-state index in [-0.39, 0.29) is 11.9 Å². The number of carbonyl (C=O) groups is 1. The molecule has 7 nitrogen and oxygen atoms in total. The van der Waals surface area contributed by atoms with E-state index in [2.05, 4.69) is 20.5 Å². The maximum atomic E-state index is 13.2. The van der Waals surface area contributed by atoms with Crippen LogP contribution in [0.15, 0.2) is 85.7 Å². The second kappa shape index (κ2) is 8.35. The number of carbonyl (C=O) groups excluding carboxylic acids is 1. The third-order valence-electron chi connectivity index (χ3n) is 4.61. The van der Waals surface area contributed by atoms with Crippen molar-refractivity contribution < 1.29 is 9.53 Å². The van der Waals surface area contributed by atoms with Crippen molar-refractivity contribution in [2.75, 3.05) is 7.11 Å². The van der Waals surface area contributed by atoms with Gasteiger partial charge in [0.2, 0.25) is 0 Å². The topological polar surface area (TPSA) is 81.9 Å². The van der Waals surface area contributed by atoms with E-state index in [9.17, 15) is 4.79 Å². The molecule has 0 spiro atoms. The fraction of sp³-hybridized carbons (Fsp3) is 0.0909. The van der Waals surface area contributed by atoms with Crippen molar-refractivity contribution in [3.05, 3.63) is 102 Å². The molecule has 0 saturated carbocycles. The van der Waals surface area contributed by atoms with Gasteiger partial charge in [-0.1, -0.05) is 24.3 Å². The quantitative estimate of drug-likeness (QED) is 0.551. The minimum absolute atomic E-state index is 0.202. The summed E-state index contributed by atoms with van der Waals surface area (Å²) in [5.74, 6) is 0.554. The number of methoxy groups -OCH3 is 1. The predicted molar refractivity (Wildman–Crippen MR) is 108 cm³/mol. The highest BCUT2D eigenvalue weighted by Crippen LogP contribution is 2.25. The Bertz CT molecular complexity index is 1080. The van der Waals surface area contributed by atoms with Crippen LogP contribution in [0.4, 0.5) is 0 Å². The minimum atomic E-state index is -0.342. The first-order valence-corrected chi connectivity index (χ1v) is 9.05.